The van der Waals surface area contributed by atoms with Crippen molar-refractivity contribution >= 4 is 5.78 Å². The molecular weight excluding hydrogens is 228 g/mol. The molecule has 2 N–H and O–H groups in total. The highest BCUT2D eigenvalue weighted by Gasteiger charge is 2.59. The van der Waals surface area contributed by atoms with Crippen LogP contribution in [0.5, 0.6) is 0 Å². The third-order valence-corrected chi connectivity index (χ3v) is 5.21. The van der Waals surface area contributed by atoms with Crippen LogP contribution in [0.25, 0.3) is 0 Å². The van der Waals surface area contributed by atoms with E-state index < -0.39 is 17.1 Å². The second kappa shape index (κ2) is 4.17. The molecule has 0 radical (unpaired) electrons. The molecule has 0 aromatic carbocycles. The minimum atomic E-state index is -0.962. The maximum absolute atomic E-state index is 12.2. The van der Waals surface area contributed by atoms with Gasteiger partial charge in [0.25, 0.3) is 0 Å². The van der Waals surface area contributed by atoms with Crippen LogP contribution in [-0.2, 0) is 4.79 Å². The van der Waals surface area contributed by atoms with Crippen LogP contribution < -0.4 is 0 Å². The maximum Gasteiger partial charge on any atom is 0.139 e. The summed E-state index contributed by atoms with van der Waals surface area (Å²) in [5, 5.41) is 21.2. The Morgan fingerprint density at radius 1 is 1.39 bits per heavy atom. The highest BCUT2D eigenvalue weighted by molar-refractivity contribution is 5.86. The number of hydrogen-bond donors (Lipinski definition) is 2. The highest BCUT2D eigenvalue weighted by Crippen LogP contribution is 2.54. The van der Waals surface area contributed by atoms with E-state index in [1.165, 1.54) is 0 Å². The molecule has 102 valence electrons. The molecule has 0 aliphatic heterocycles. The van der Waals surface area contributed by atoms with Crippen LogP contribution >= 0.6 is 0 Å². The summed E-state index contributed by atoms with van der Waals surface area (Å²) in [5.41, 5.74) is -0.595. The summed E-state index contributed by atoms with van der Waals surface area (Å²) in [7, 11) is 0. The largest absolute Gasteiger partial charge is 0.392 e. The Balaban J connectivity index is 2.41. The number of hydrogen-bond acceptors (Lipinski definition) is 3. The lowest BCUT2D eigenvalue weighted by molar-refractivity contribution is -0.183. The van der Waals surface area contributed by atoms with Crippen LogP contribution in [-0.4, -0.2) is 27.7 Å². The van der Waals surface area contributed by atoms with E-state index in [1.807, 2.05) is 13.8 Å². The molecule has 2 aliphatic rings. The van der Waals surface area contributed by atoms with Gasteiger partial charge in [0.05, 0.1) is 11.7 Å². The predicted molar refractivity (Wildman–Crippen MR) is 70.0 cm³/mol. The normalized spacial score (nSPS) is 48.7. The predicted octanol–water partition coefficient (Wildman–Crippen LogP) is 2.07. The van der Waals surface area contributed by atoms with E-state index in [2.05, 4.69) is 6.58 Å². The van der Waals surface area contributed by atoms with E-state index in [1.54, 1.807) is 6.92 Å². The van der Waals surface area contributed by atoms with Crippen molar-refractivity contribution in [1.82, 2.24) is 0 Å². The second-order valence-corrected chi connectivity index (χ2v) is 6.66. The minimum Gasteiger partial charge on any atom is -0.392 e. The fourth-order valence-electron chi connectivity index (χ4n) is 4.10. The number of Topliss-reactive ketones (excluding diaryl/α,β-unsaturated/α-hetero) is 1. The van der Waals surface area contributed by atoms with E-state index in [0.717, 1.165) is 18.4 Å². The van der Waals surface area contributed by atoms with Crippen LogP contribution in [0.1, 0.15) is 46.5 Å². The fourth-order valence-corrected chi connectivity index (χ4v) is 4.10. The van der Waals surface area contributed by atoms with Crippen molar-refractivity contribution in [2.24, 2.45) is 17.3 Å². The molecule has 0 bridgehead atoms. The van der Waals surface area contributed by atoms with Crippen molar-refractivity contribution in [2.75, 3.05) is 0 Å². The van der Waals surface area contributed by atoms with Crippen molar-refractivity contribution in [3.63, 3.8) is 0 Å². The Morgan fingerprint density at radius 2 is 2.00 bits per heavy atom. The van der Waals surface area contributed by atoms with Crippen molar-refractivity contribution < 1.29 is 15.0 Å². The van der Waals surface area contributed by atoms with E-state index in [9.17, 15) is 15.0 Å². The molecule has 0 spiro atoms. The summed E-state index contributed by atoms with van der Waals surface area (Å²) in [6, 6.07) is 0. The van der Waals surface area contributed by atoms with Crippen LogP contribution in [0, 0.1) is 17.3 Å². The van der Waals surface area contributed by atoms with Gasteiger partial charge in [-0.2, -0.15) is 0 Å². The molecule has 3 nitrogen and oxygen atoms in total. The quantitative estimate of drug-likeness (QED) is 0.702. The van der Waals surface area contributed by atoms with Crippen molar-refractivity contribution in [2.45, 2.75) is 58.2 Å². The van der Waals surface area contributed by atoms with Gasteiger partial charge in [0.1, 0.15) is 5.78 Å². The zero-order valence-corrected chi connectivity index (χ0v) is 11.6. The summed E-state index contributed by atoms with van der Waals surface area (Å²) < 4.78 is 0. The topological polar surface area (TPSA) is 57.5 Å². The van der Waals surface area contributed by atoms with Gasteiger partial charge < -0.3 is 10.2 Å². The molecule has 0 aromatic heterocycles. The molecule has 3 heteroatoms. The minimum absolute atomic E-state index is 0.000417. The number of aliphatic hydroxyl groups is 2. The molecule has 0 heterocycles. The number of carbonyl (C=O) groups excluding carboxylic acids is 1. The first-order valence-electron chi connectivity index (χ1n) is 6.79. The molecule has 2 saturated carbocycles. The summed E-state index contributed by atoms with van der Waals surface area (Å²) in [4.78, 5) is 12.2. The van der Waals surface area contributed by atoms with E-state index in [-0.39, 0.29) is 17.6 Å². The molecule has 0 aromatic rings. The summed E-state index contributed by atoms with van der Waals surface area (Å²) >= 11 is 0. The van der Waals surface area contributed by atoms with Gasteiger partial charge >= 0.3 is 0 Å². The summed E-state index contributed by atoms with van der Waals surface area (Å²) in [5.74, 6) is -0.180. The van der Waals surface area contributed by atoms with Crippen LogP contribution in [0.3, 0.4) is 0 Å². The maximum atomic E-state index is 12.2. The average molecular weight is 252 g/mol. The molecule has 0 saturated heterocycles. The first kappa shape index (κ1) is 13.8. The molecule has 2 aliphatic carbocycles. The van der Waals surface area contributed by atoms with Gasteiger partial charge in [-0.3, -0.25) is 4.79 Å². The van der Waals surface area contributed by atoms with E-state index >= 15 is 0 Å². The van der Waals surface area contributed by atoms with Gasteiger partial charge in [-0.05, 0) is 33.1 Å². The Labute approximate surface area is 109 Å². The number of aliphatic hydroxyl groups excluding tert-OH is 1. The zero-order valence-electron chi connectivity index (χ0n) is 11.6. The molecule has 2 unspecified atom stereocenters. The smallest absolute Gasteiger partial charge is 0.139 e. The molecule has 5 atom stereocenters. The van der Waals surface area contributed by atoms with Crippen LogP contribution in [0.4, 0.5) is 0 Å². The van der Waals surface area contributed by atoms with Gasteiger partial charge in [-0.15, -0.1) is 0 Å². The Morgan fingerprint density at radius 3 is 2.56 bits per heavy atom. The number of ketones is 1. The van der Waals surface area contributed by atoms with Gasteiger partial charge in [0.2, 0.25) is 0 Å². The zero-order chi connectivity index (χ0) is 13.7. The number of fused-ring (bicyclic) bond motifs is 1. The summed E-state index contributed by atoms with van der Waals surface area (Å²) in [6.07, 6.45) is 1.73. The monoisotopic (exact) mass is 252 g/mol. The first-order chi connectivity index (χ1) is 8.20. The van der Waals surface area contributed by atoms with Gasteiger partial charge in [-0.1, -0.05) is 19.1 Å². The van der Waals surface area contributed by atoms with Crippen LogP contribution in [0.15, 0.2) is 12.2 Å². The second-order valence-electron chi connectivity index (χ2n) is 6.66. The van der Waals surface area contributed by atoms with Gasteiger partial charge in [0, 0.05) is 23.7 Å². The van der Waals surface area contributed by atoms with Crippen molar-refractivity contribution in [3.8, 4) is 0 Å². The lowest BCUT2D eigenvalue weighted by Gasteiger charge is -2.55. The standard InChI is InChI=1S/C15H24O3/c1-9(2)10-5-7-14(3)11(16)6-8-15(4,18)13(14)12(10)17/h10,12-13,17-18H,1,5-8H2,2-4H3/t10-,12?,13?,14-,15-/m0/s1. The van der Waals surface area contributed by atoms with Crippen LogP contribution in [0.2, 0.25) is 0 Å². The highest BCUT2D eigenvalue weighted by atomic mass is 16.3. The third-order valence-electron chi connectivity index (χ3n) is 5.21. The van der Waals surface area contributed by atoms with Crippen molar-refractivity contribution in [1.29, 1.82) is 0 Å². The van der Waals surface area contributed by atoms with Gasteiger partial charge in [0.15, 0.2) is 0 Å². The SMILES string of the molecule is C=C(C)[C@@H]1CC[C@@]2(C)C(=O)CC[C@](C)(O)C2C1O. The van der Waals surface area contributed by atoms with Crippen molar-refractivity contribution in [3.05, 3.63) is 12.2 Å². The Hall–Kier alpha value is -0.670. The molecule has 2 rings (SSSR count). The molecule has 2 fully saturated rings. The Bertz CT molecular complexity index is 385. The van der Waals surface area contributed by atoms with E-state index in [4.69, 9.17) is 0 Å². The average Bonchev–Trinajstić information content (AvgIpc) is 2.23. The fraction of sp³-hybridized carbons (Fsp3) is 0.800. The Kier molecular flexibility index (Phi) is 3.19. The van der Waals surface area contributed by atoms with E-state index in [0.29, 0.717) is 12.8 Å². The molecule has 0 amide bonds. The number of rotatable bonds is 1. The molecule has 18 heavy (non-hydrogen) atoms. The third kappa shape index (κ3) is 1.84. The molecular formula is C15H24O3. The summed E-state index contributed by atoms with van der Waals surface area (Å²) in [6.45, 7) is 9.51. The lowest BCUT2D eigenvalue weighted by atomic mass is 9.51. The first-order valence-corrected chi connectivity index (χ1v) is 6.79. The van der Waals surface area contributed by atoms with Gasteiger partial charge in [-0.25, -0.2) is 0 Å². The lowest BCUT2D eigenvalue weighted by Crippen LogP contribution is -2.61. The number of carbonyl (C=O) groups is 1.